The number of hydrogen-bond donors (Lipinski definition) is 1. The molecule has 0 aromatic carbocycles. The Bertz CT molecular complexity index is 458. The number of hydrogen-bond acceptors (Lipinski definition) is 2. The van der Waals surface area contributed by atoms with E-state index in [1.807, 2.05) is 10.6 Å². The van der Waals surface area contributed by atoms with Crippen LogP contribution in [0.5, 0.6) is 0 Å². The molecule has 0 radical (unpaired) electrons. The van der Waals surface area contributed by atoms with E-state index in [2.05, 4.69) is 32.2 Å². The predicted molar refractivity (Wildman–Crippen MR) is 75.1 cm³/mol. The second-order valence-electron chi connectivity index (χ2n) is 5.52. The Labute approximate surface area is 109 Å². The molecule has 1 aliphatic carbocycles. The first-order valence-electron chi connectivity index (χ1n) is 7.10. The molecule has 18 heavy (non-hydrogen) atoms. The largest absolute Gasteiger partial charge is 0.312 e. The summed E-state index contributed by atoms with van der Waals surface area (Å²) in [5, 5.41) is 3.31. The molecule has 1 N–H and O–H groups in total. The summed E-state index contributed by atoms with van der Waals surface area (Å²) >= 11 is 0. The maximum absolute atomic E-state index is 12.5. The van der Waals surface area contributed by atoms with Crippen molar-refractivity contribution in [2.45, 2.75) is 58.5 Å². The summed E-state index contributed by atoms with van der Waals surface area (Å²) in [5.41, 5.74) is 2.30. The number of pyridine rings is 1. The Kier molecular flexibility index (Phi) is 4.23. The Balaban J connectivity index is 2.28. The van der Waals surface area contributed by atoms with Crippen molar-refractivity contribution in [3.05, 3.63) is 33.7 Å². The molecule has 3 nitrogen and oxygen atoms in total. The quantitative estimate of drug-likeness (QED) is 0.785. The van der Waals surface area contributed by atoms with E-state index in [-0.39, 0.29) is 5.56 Å². The summed E-state index contributed by atoms with van der Waals surface area (Å²) in [4.78, 5) is 12.5. The number of nitrogens with one attached hydrogen (secondary N) is 1. The molecule has 0 bridgehead atoms. The van der Waals surface area contributed by atoms with E-state index in [1.54, 1.807) is 0 Å². The molecular weight excluding hydrogens is 224 g/mol. The molecule has 1 saturated carbocycles. The van der Waals surface area contributed by atoms with Crippen LogP contribution in [0.3, 0.4) is 0 Å². The zero-order valence-electron chi connectivity index (χ0n) is 11.7. The highest BCUT2D eigenvalue weighted by Crippen LogP contribution is 2.36. The van der Waals surface area contributed by atoms with Crippen LogP contribution in [0.1, 0.15) is 63.3 Å². The number of aromatic nitrogens is 1. The van der Waals surface area contributed by atoms with Gasteiger partial charge in [0.1, 0.15) is 0 Å². The van der Waals surface area contributed by atoms with Gasteiger partial charge in [-0.05, 0) is 37.8 Å². The number of rotatable bonds is 6. The third-order valence-electron chi connectivity index (χ3n) is 3.47. The van der Waals surface area contributed by atoms with Gasteiger partial charge >= 0.3 is 0 Å². The molecule has 1 heterocycles. The SMILES string of the molecule is CCCNCc1ccc(C(C)C)n(C2CC2)c1=O. The minimum atomic E-state index is 0.215. The smallest absolute Gasteiger partial charge is 0.255 e. The van der Waals surface area contributed by atoms with Crippen molar-refractivity contribution < 1.29 is 0 Å². The Hall–Kier alpha value is -1.09. The van der Waals surface area contributed by atoms with E-state index >= 15 is 0 Å². The van der Waals surface area contributed by atoms with Gasteiger partial charge in [-0.15, -0.1) is 0 Å². The van der Waals surface area contributed by atoms with E-state index in [0.717, 1.165) is 31.4 Å². The van der Waals surface area contributed by atoms with Gasteiger partial charge in [-0.25, -0.2) is 0 Å². The number of nitrogens with zero attached hydrogens (tertiary/aromatic N) is 1. The van der Waals surface area contributed by atoms with E-state index in [4.69, 9.17) is 0 Å². The molecule has 1 aromatic heterocycles. The van der Waals surface area contributed by atoms with Crippen molar-refractivity contribution >= 4 is 0 Å². The van der Waals surface area contributed by atoms with Crippen LogP contribution in [0.15, 0.2) is 16.9 Å². The van der Waals surface area contributed by atoms with Gasteiger partial charge in [-0.2, -0.15) is 0 Å². The van der Waals surface area contributed by atoms with Crippen LogP contribution in [-0.4, -0.2) is 11.1 Å². The highest BCUT2D eigenvalue weighted by Gasteiger charge is 2.28. The molecule has 100 valence electrons. The Morgan fingerprint density at radius 1 is 1.39 bits per heavy atom. The molecule has 0 aliphatic heterocycles. The van der Waals surface area contributed by atoms with Gasteiger partial charge in [-0.3, -0.25) is 4.79 Å². The maximum atomic E-state index is 12.5. The van der Waals surface area contributed by atoms with Crippen molar-refractivity contribution in [2.24, 2.45) is 0 Å². The molecule has 1 fully saturated rings. The standard InChI is InChI=1S/C15H24N2O/c1-4-9-16-10-12-5-8-14(11(2)3)17(15(12)18)13-6-7-13/h5,8,11,13,16H,4,6-7,9-10H2,1-3H3. The minimum Gasteiger partial charge on any atom is -0.312 e. The summed E-state index contributed by atoms with van der Waals surface area (Å²) in [6.07, 6.45) is 3.41. The third kappa shape index (κ3) is 2.83. The van der Waals surface area contributed by atoms with Crippen molar-refractivity contribution in [2.75, 3.05) is 6.54 Å². The molecule has 0 atom stereocenters. The normalized spacial score (nSPS) is 15.3. The lowest BCUT2D eigenvalue weighted by molar-refractivity contribution is 0.605. The van der Waals surface area contributed by atoms with Gasteiger partial charge in [-0.1, -0.05) is 26.8 Å². The molecule has 0 unspecified atom stereocenters. The maximum Gasteiger partial charge on any atom is 0.255 e. The monoisotopic (exact) mass is 248 g/mol. The van der Waals surface area contributed by atoms with Crippen LogP contribution < -0.4 is 10.9 Å². The molecule has 0 spiro atoms. The van der Waals surface area contributed by atoms with Gasteiger partial charge in [0.15, 0.2) is 0 Å². The summed E-state index contributed by atoms with van der Waals surface area (Å²) in [5.74, 6) is 0.413. The van der Waals surface area contributed by atoms with Crippen LogP contribution in [0.2, 0.25) is 0 Å². The first kappa shape index (κ1) is 13.3. The first-order chi connectivity index (χ1) is 8.65. The highest BCUT2D eigenvalue weighted by molar-refractivity contribution is 5.20. The molecule has 0 saturated heterocycles. The van der Waals surface area contributed by atoms with E-state index in [0.29, 0.717) is 18.5 Å². The summed E-state index contributed by atoms with van der Waals surface area (Å²) in [6.45, 7) is 8.11. The van der Waals surface area contributed by atoms with Crippen LogP contribution in [-0.2, 0) is 6.54 Å². The fourth-order valence-electron chi connectivity index (χ4n) is 2.32. The lowest BCUT2D eigenvalue weighted by atomic mass is 10.1. The summed E-state index contributed by atoms with van der Waals surface area (Å²) in [7, 11) is 0. The lowest BCUT2D eigenvalue weighted by Crippen LogP contribution is -2.29. The minimum absolute atomic E-state index is 0.215. The zero-order chi connectivity index (χ0) is 13.1. The van der Waals surface area contributed by atoms with E-state index in [9.17, 15) is 4.79 Å². The molecule has 0 amide bonds. The summed E-state index contributed by atoms with van der Waals surface area (Å²) < 4.78 is 2.04. The van der Waals surface area contributed by atoms with Crippen LogP contribution in [0.4, 0.5) is 0 Å². The second-order valence-corrected chi connectivity index (χ2v) is 5.52. The molecule has 2 rings (SSSR count). The molecule has 3 heteroatoms. The lowest BCUT2D eigenvalue weighted by Gasteiger charge is -2.16. The van der Waals surface area contributed by atoms with Gasteiger partial charge in [0.05, 0.1) is 0 Å². The highest BCUT2D eigenvalue weighted by atomic mass is 16.1. The average Bonchev–Trinajstić information content (AvgIpc) is 3.15. The topological polar surface area (TPSA) is 34.0 Å². The van der Waals surface area contributed by atoms with Gasteiger partial charge in [0, 0.05) is 23.8 Å². The molecular formula is C15H24N2O. The Morgan fingerprint density at radius 3 is 2.67 bits per heavy atom. The average molecular weight is 248 g/mol. The summed E-state index contributed by atoms with van der Waals surface area (Å²) in [6, 6.07) is 4.59. The van der Waals surface area contributed by atoms with Gasteiger partial charge < -0.3 is 9.88 Å². The van der Waals surface area contributed by atoms with Crippen molar-refractivity contribution in [3.8, 4) is 0 Å². The van der Waals surface area contributed by atoms with Gasteiger partial charge in [0.2, 0.25) is 0 Å². The Morgan fingerprint density at radius 2 is 2.11 bits per heavy atom. The van der Waals surface area contributed by atoms with Crippen LogP contribution >= 0.6 is 0 Å². The fraction of sp³-hybridized carbons (Fsp3) is 0.667. The van der Waals surface area contributed by atoms with Crippen LogP contribution in [0, 0.1) is 0 Å². The zero-order valence-corrected chi connectivity index (χ0v) is 11.7. The van der Waals surface area contributed by atoms with Crippen LogP contribution in [0.25, 0.3) is 0 Å². The van der Waals surface area contributed by atoms with Crippen molar-refractivity contribution in [1.29, 1.82) is 0 Å². The molecule has 1 aliphatic rings. The molecule has 1 aromatic rings. The van der Waals surface area contributed by atoms with E-state index < -0.39 is 0 Å². The van der Waals surface area contributed by atoms with Crippen molar-refractivity contribution in [1.82, 2.24) is 9.88 Å². The van der Waals surface area contributed by atoms with E-state index in [1.165, 1.54) is 5.69 Å². The fourth-order valence-corrected chi connectivity index (χ4v) is 2.32. The second kappa shape index (κ2) is 5.70. The van der Waals surface area contributed by atoms with Gasteiger partial charge in [0.25, 0.3) is 5.56 Å². The van der Waals surface area contributed by atoms with Crippen molar-refractivity contribution in [3.63, 3.8) is 0 Å². The predicted octanol–water partition coefficient (Wildman–Crippen LogP) is 2.81. The first-order valence-corrected chi connectivity index (χ1v) is 7.10. The third-order valence-corrected chi connectivity index (χ3v) is 3.47.